The van der Waals surface area contributed by atoms with Crippen LogP contribution in [0.15, 0.2) is 358 Å². The lowest BCUT2D eigenvalue weighted by molar-refractivity contribution is 0.586. The van der Waals surface area contributed by atoms with E-state index in [0.29, 0.717) is 0 Å². The Bertz CT molecular complexity index is 5330. The Morgan fingerprint density at radius 1 is 0.333 bits per heavy atom. The molecule has 0 bridgehead atoms. The predicted octanol–water partition coefficient (Wildman–Crippen LogP) is 26.2. The van der Waals surface area contributed by atoms with Gasteiger partial charge in [0.2, 0.25) is 0 Å². The lowest BCUT2D eigenvalue weighted by Gasteiger charge is -2.36. The monoisotopic (exact) mass is 1310 g/mol. The Labute approximate surface area is 604 Å². The van der Waals surface area contributed by atoms with Crippen LogP contribution in [0.4, 0.5) is 34.1 Å². The fourth-order valence-electron chi connectivity index (χ4n) is 17.4. The lowest BCUT2D eigenvalue weighted by atomic mass is 9.67. The average molecular weight is 1320 g/mol. The minimum absolute atomic E-state index is 0.00138. The van der Waals surface area contributed by atoms with Crippen molar-refractivity contribution in [2.24, 2.45) is 0 Å². The van der Waals surface area contributed by atoms with Gasteiger partial charge in [-0.1, -0.05) is 333 Å². The Morgan fingerprint density at radius 3 is 1.12 bits per heavy atom. The molecule has 0 saturated heterocycles. The summed E-state index contributed by atoms with van der Waals surface area (Å²) in [5.41, 5.74) is 31.1. The van der Waals surface area contributed by atoms with Gasteiger partial charge in [0, 0.05) is 34.1 Å². The van der Waals surface area contributed by atoms with E-state index in [1.54, 1.807) is 0 Å². The van der Waals surface area contributed by atoms with Crippen molar-refractivity contribution in [2.45, 2.75) is 88.4 Å². The van der Waals surface area contributed by atoms with E-state index >= 15 is 0 Å². The van der Waals surface area contributed by atoms with Gasteiger partial charge in [-0.2, -0.15) is 0 Å². The summed E-state index contributed by atoms with van der Waals surface area (Å²) >= 11 is 0. The van der Waals surface area contributed by atoms with Crippen LogP contribution in [0.1, 0.15) is 133 Å². The smallest absolute Gasteiger partial charge is 0.0715 e. The number of hydrogen-bond donors (Lipinski definition) is 0. The topological polar surface area (TPSA) is 6.48 Å². The Morgan fingerprint density at radius 2 is 0.696 bits per heavy atom. The number of rotatable bonds is 17. The molecule has 0 fully saturated rings. The van der Waals surface area contributed by atoms with Crippen molar-refractivity contribution < 1.29 is 0 Å². The van der Waals surface area contributed by atoms with Gasteiger partial charge in [0.1, 0.15) is 0 Å². The molecule has 0 heterocycles. The third-order valence-corrected chi connectivity index (χ3v) is 22.2. The van der Waals surface area contributed by atoms with Crippen molar-refractivity contribution in [3.05, 3.63) is 436 Å². The van der Waals surface area contributed by atoms with Crippen LogP contribution in [0.2, 0.25) is 0 Å². The van der Waals surface area contributed by atoms with Gasteiger partial charge in [-0.05, 0) is 215 Å². The zero-order valence-corrected chi connectivity index (χ0v) is 59.6. The van der Waals surface area contributed by atoms with Crippen molar-refractivity contribution in [3.8, 4) is 33.4 Å². The minimum Gasteiger partial charge on any atom is -0.310 e. The summed E-state index contributed by atoms with van der Waals surface area (Å²) in [6.45, 7) is 24.2. The first-order valence-electron chi connectivity index (χ1n) is 36.1. The number of anilines is 6. The van der Waals surface area contributed by atoms with Crippen LogP contribution in [0, 0.1) is 0 Å². The summed E-state index contributed by atoms with van der Waals surface area (Å²) < 4.78 is 0. The number of para-hydroxylation sites is 2. The fourth-order valence-corrected chi connectivity index (χ4v) is 17.4. The zero-order chi connectivity index (χ0) is 70.0. The molecule has 0 aliphatic heterocycles. The van der Waals surface area contributed by atoms with E-state index in [4.69, 9.17) is 0 Å². The summed E-state index contributed by atoms with van der Waals surface area (Å²) in [4.78, 5) is 5.00. The maximum absolute atomic E-state index is 4.12. The van der Waals surface area contributed by atoms with Gasteiger partial charge in [-0.15, -0.1) is 0 Å². The maximum Gasteiger partial charge on any atom is 0.0715 e. The molecule has 0 N–H and O–H groups in total. The molecule has 2 heteroatoms. The first-order valence-corrected chi connectivity index (χ1v) is 36.1. The zero-order valence-electron chi connectivity index (χ0n) is 59.6. The van der Waals surface area contributed by atoms with Crippen LogP contribution in [-0.4, -0.2) is 0 Å². The van der Waals surface area contributed by atoms with Gasteiger partial charge in [0.25, 0.3) is 0 Å². The molecule has 0 spiro atoms. The predicted molar refractivity (Wildman–Crippen MR) is 432 cm³/mol. The van der Waals surface area contributed by atoms with Gasteiger partial charge in [-0.3, -0.25) is 0 Å². The molecule has 102 heavy (non-hydrogen) atoms. The normalized spacial score (nSPS) is 16.1. The molecule has 13 aromatic carbocycles. The highest BCUT2D eigenvalue weighted by Gasteiger charge is 2.50. The van der Waals surface area contributed by atoms with Gasteiger partial charge in [0.05, 0.1) is 16.2 Å². The molecule has 0 saturated carbocycles. The third-order valence-electron chi connectivity index (χ3n) is 22.2. The first-order chi connectivity index (χ1) is 49.6. The van der Waals surface area contributed by atoms with Crippen LogP contribution in [0.3, 0.4) is 0 Å². The van der Waals surface area contributed by atoms with Gasteiger partial charge in [-0.25, -0.2) is 0 Å². The lowest BCUT2D eigenvalue weighted by Crippen LogP contribution is -2.30. The molecular formula is C100H86N2. The number of allylic oxidation sites excluding steroid dienone is 5. The molecule has 3 aliphatic carbocycles. The molecular weight excluding hydrogens is 1230 g/mol. The maximum atomic E-state index is 4.12. The van der Waals surface area contributed by atoms with E-state index in [1.807, 2.05) is 18.2 Å². The number of hydrogen-bond acceptors (Lipinski definition) is 2. The van der Waals surface area contributed by atoms with Crippen LogP contribution in [-0.2, 0) is 33.5 Å². The van der Waals surface area contributed by atoms with Crippen molar-refractivity contribution >= 4 is 40.2 Å². The second-order valence-corrected chi connectivity index (χ2v) is 30.2. The van der Waals surface area contributed by atoms with Gasteiger partial charge >= 0.3 is 0 Å². The molecule has 3 aliphatic rings. The average Bonchev–Trinajstić information content (AvgIpc) is 1.55. The summed E-state index contributed by atoms with van der Waals surface area (Å²) in [6.07, 6.45) is 11.8. The first kappa shape index (κ1) is 65.1. The summed E-state index contributed by atoms with van der Waals surface area (Å²) in [7, 11) is 0. The second-order valence-electron chi connectivity index (χ2n) is 30.2. The minimum atomic E-state index is -0.767. The molecule has 13 aromatic rings. The number of benzene rings is 13. The molecule has 2 atom stereocenters. The Hall–Kier alpha value is -11.6. The molecule has 2 nitrogen and oxygen atoms in total. The number of fused-ring (bicyclic) bond motifs is 9. The molecule has 496 valence electrons. The molecule has 16 rings (SSSR count). The molecule has 0 radical (unpaired) electrons. The van der Waals surface area contributed by atoms with Gasteiger partial charge in [0.15, 0.2) is 0 Å². The van der Waals surface area contributed by atoms with E-state index in [2.05, 4.69) is 399 Å². The van der Waals surface area contributed by atoms with Crippen molar-refractivity contribution in [1.82, 2.24) is 0 Å². The third kappa shape index (κ3) is 10.9. The van der Waals surface area contributed by atoms with E-state index in [1.165, 1.54) is 111 Å². The highest BCUT2D eigenvalue weighted by atomic mass is 15.1. The van der Waals surface area contributed by atoms with E-state index in [0.717, 1.165) is 52.5 Å². The van der Waals surface area contributed by atoms with Crippen LogP contribution < -0.4 is 9.80 Å². The van der Waals surface area contributed by atoms with Crippen LogP contribution in [0.5, 0.6) is 0 Å². The van der Waals surface area contributed by atoms with Crippen LogP contribution in [0.25, 0.3) is 39.5 Å². The summed E-state index contributed by atoms with van der Waals surface area (Å²) in [5.74, 6) is 0. The van der Waals surface area contributed by atoms with E-state index in [9.17, 15) is 0 Å². The van der Waals surface area contributed by atoms with E-state index in [-0.39, 0.29) is 10.8 Å². The van der Waals surface area contributed by atoms with Crippen molar-refractivity contribution in [2.75, 3.05) is 9.80 Å². The SMILES string of the molecule is C=C/C=C/C=C(\C)CC1(c2ccc(C(C)(C)C)cc2)c2ccccc2-c2ccc(N(c3ccccc3)c3ccc4c(c3)C(c3ccccc3)(c3ccccc3)c3cc(N(c5ccccc5)c5ccc6c(c5)C(Cc5ccc(C=C)cc5)(c5ccc(C(C)(C)C)cc5)c5ccccc5-6)ccc3-4)cc21. The standard InChI is InChI=1S/C100H86N2/c1-10-12-17-30-69(3)67-98(74-51-47-72(48-52-74)96(4,5)6)90-41-28-26-39-84(90)86-59-55-80(63-92(86)98)101(78-35-22-15-23-36-78)82-57-61-88-89-62-58-83(66-95(89)100(94(88)65-82,76-31-18-13-19-32-76)77-33-20-14-21-34-77)102(79-37-24-16-25-38-79)81-56-60-87-85-40-27-29-42-91(85)99(93(87)64-81,68-71-45-43-70(11-2)44-46-71)75-53-49-73(50-54-75)97(7,8)9/h10-66H,1-2,67-68H2,3-9H3/b17-12+,69-30+. The Kier molecular flexibility index (Phi) is 16.5. The van der Waals surface area contributed by atoms with Gasteiger partial charge < -0.3 is 9.80 Å². The van der Waals surface area contributed by atoms with Crippen LogP contribution >= 0.6 is 0 Å². The van der Waals surface area contributed by atoms with Crippen molar-refractivity contribution in [3.63, 3.8) is 0 Å². The second kappa shape index (κ2) is 25.9. The quantitative estimate of drug-likeness (QED) is 0.0839. The van der Waals surface area contributed by atoms with Crippen molar-refractivity contribution in [1.29, 1.82) is 0 Å². The Balaban J connectivity index is 0.895. The molecule has 2 unspecified atom stereocenters. The summed E-state index contributed by atoms with van der Waals surface area (Å²) in [6, 6.07) is 120. The fraction of sp³-hybridized carbons (Fsp3) is 0.140. The molecule has 0 amide bonds. The van der Waals surface area contributed by atoms with E-state index < -0.39 is 16.2 Å². The summed E-state index contributed by atoms with van der Waals surface area (Å²) in [5, 5.41) is 0. The molecule has 0 aromatic heterocycles. The highest BCUT2D eigenvalue weighted by Crippen LogP contribution is 2.62. The highest BCUT2D eigenvalue weighted by molar-refractivity contribution is 5.94. The largest absolute Gasteiger partial charge is 0.310 e. The number of nitrogens with zero attached hydrogens (tertiary/aromatic N) is 2.